The molecule has 1 rings (SSSR count). The van der Waals surface area contributed by atoms with E-state index < -0.39 is 0 Å². The van der Waals surface area contributed by atoms with Crippen molar-refractivity contribution in [1.82, 2.24) is 5.48 Å². The summed E-state index contributed by atoms with van der Waals surface area (Å²) in [4.78, 5) is 5.27. The highest BCUT2D eigenvalue weighted by Gasteiger charge is 1.90. The molecule has 1 aromatic carbocycles. The molecule has 1 aromatic rings. The number of rotatable bonds is 6. The highest BCUT2D eigenvalue weighted by molar-refractivity contribution is 5.85. The van der Waals surface area contributed by atoms with Crippen LogP contribution in [-0.4, -0.2) is 6.54 Å². The number of nitrogens with one attached hydrogen (secondary N) is 1. The summed E-state index contributed by atoms with van der Waals surface area (Å²) in [5.74, 6) is 0. The number of hydroxylamine groups is 1. The maximum Gasteiger partial charge on any atom is 0.0933 e. The third kappa shape index (κ3) is 5.97. The number of halogens is 1. The van der Waals surface area contributed by atoms with Crippen molar-refractivity contribution in [2.24, 2.45) is 0 Å². The molecule has 0 aromatic heterocycles. The second-order valence-electron chi connectivity index (χ2n) is 3.02. The van der Waals surface area contributed by atoms with Gasteiger partial charge >= 0.3 is 0 Å². The van der Waals surface area contributed by atoms with E-state index in [-0.39, 0.29) is 12.4 Å². The SMILES string of the molecule is CCCCNOCc1ccccc1.Cl. The Morgan fingerprint density at radius 2 is 1.93 bits per heavy atom. The maximum absolute atomic E-state index is 5.27. The normalized spacial score (nSPS) is 9.50. The molecular formula is C11H18ClNO. The van der Waals surface area contributed by atoms with Crippen molar-refractivity contribution < 1.29 is 4.84 Å². The first kappa shape index (κ1) is 13.4. The van der Waals surface area contributed by atoms with E-state index >= 15 is 0 Å². The maximum atomic E-state index is 5.27. The molecule has 0 spiro atoms. The van der Waals surface area contributed by atoms with Gasteiger partial charge in [0, 0.05) is 6.54 Å². The van der Waals surface area contributed by atoms with Crippen LogP contribution in [0, 0.1) is 0 Å². The molecule has 1 N–H and O–H groups in total. The molecule has 0 radical (unpaired) electrons. The number of hydrogen-bond acceptors (Lipinski definition) is 2. The minimum Gasteiger partial charge on any atom is -0.297 e. The monoisotopic (exact) mass is 215 g/mol. The Morgan fingerprint density at radius 1 is 1.21 bits per heavy atom. The summed E-state index contributed by atoms with van der Waals surface area (Å²) < 4.78 is 0. The predicted octanol–water partition coefficient (Wildman–Crippen LogP) is 2.93. The number of unbranched alkanes of at least 4 members (excludes halogenated alkanes) is 1. The molecule has 0 heterocycles. The Bertz CT molecular complexity index is 216. The zero-order chi connectivity index (χ0) is 9.36. The fourth-order valence-electron chi connectivity index (χ4n) is 1.03. The van der Waals surface area contributed by atoms with Crippen molar-refractivity contribution in [1.29, 1.82) is 0 Å². The molecule has 0 aliphatic rings. The van der Waals surface area contributed by atoms with E-state index in [0.29, 0.717) is 6.61 Å². The third-order valence-electron chi connectivity index (χ3n) is 1.82. The van der Waals surface area contributed by atoms with Crippen molar-refractivity contribution >= 4 is 12.4 Å². The molecule has 0 amide bonds. The molecule has 0 bridgehead atoms. The summed E-state index contributed by atoms with van der Waals surface area (Å²) in [6.45, 7) is 3.74. The van der Waals surface area contributed by atoms with Crippen molar-refractivity contribution in [3.05, 3.63) is 35.9 Å². The Balaban J connectivity index is 0.00000169. The molecule has 80 valence electrons. The Hall–Kier alpha value is -0.570. The van der Waals surface area contributed by atoms with Crippen LogP contribution in [-0.2, 0) is 11.4 Å². The van der Waals surface area contributed by atoms with E-state index in [9.17, 15) is 0 Å². The topological polar surface area (TPSA) is 21.3 Å². The molecule has 3 heteroatoms. The highest BCUT2D eigenvalue weighted by atomic mass is 35.5. The van der Waals surface area contributed by atoms with Gasteiger partial charge in [0.25, 0.3) is 0 Å². The summed E-state index contributed by atoms with van der Waals surface area (Å²) in [6, 6.07) is 10.2. The van der Waals surface area contributed by atoms with Crippen LogP contribution < -0.4 is 5.48 Å². The Kier molecular flexibility index (Phi) is 8.64. The van der Waals surface area contributed by atoms with Gasteiger partial charge in [-0.15, -0.1) is 12.4 Å². The zero-order valence-electron chi connectivity index (χ0n) is 8.53. The summed E-state index contributed by atoms with van der Waals surface area (Å²) in [5, 5.41) is 0. The van der Waals surface area contributed by atoms with Gasteiger partial charge in [-0.25, -0.2) is 5.48 Å². The summed E-state index contributed by atoms with van der Waals surface area (Å²) in [6.07, 6.45) is 2.36. The Labute approximate surface area is 92.0 Å². The molecule has 14 heavy (non-hydrogen) atoms. The highest BCUT2D eigenvalue weighted by Crippen LogP contribution is 1.98. The molecule has 0 unspecified atom stereocenters. The van der Waals surface area contributed by atoms with Crippen LogP contribution in [0.5, 0.6) is 0 Å². The van der Waals surface area contributed by atoms with Crippen LogP contribution in [0.15, 0.2) is 30.3 Å². The second kappa shape index (κ2) is 9.00. The molecule has 0 saturated heterocycles. The molecule has 0 fully saturated rings. The van der Waals surface area contributed by atoms with Gasteiger partial charge < -0.3 is 0 Å². The van der Waals surface area contributed by atoms with Crippen LogP contribution in [0.25, 0.3) is 0 Å². The molecule has 2 nitrogen and oxygen atoms in total. The van der Waals surface area contributed by atoms with Crippen LogP contribution in [0.3, 0.4) is 0 Å². The largest absolute Gasteiger partial charge is 0.297 e. The van der Waals surface area contributed by atoms with Gasteiger partial charge in [-0.1, -0.05) is 43.7 Å². The summed E-state index contributed by atoms with van der Waals surface area (Å²) >= 11 is 0. The zero-order valence-corrected chi connectivity index (χ0v) is 9.35. The van der Waals surface area contributed by atoms with Gasteiger partial charge in [-0.2, -0.15) is 0 Å². The number of benzene rings is 1. The van der Waals surface area contributed by atoms with Gasteiger partial charge in [0.15, 0.2) is 0 Å². The minimum absolute atomic E-state index is 0. The van der Waals surface area contributed by atoms with E-state index in [2.05, 4.69) is 24.5 Å². The predicted molar refractivity (Wildman–Crippen MR) is 61.4 cm³/mol. The molecule has 0 saturated carbocycles. The standard InChI is InChI=1S/C11H17NO.ClH/c1-2-3-9-12-13-10-11-7-5-4-6-8-11;/h4-8,12H,2-3,9-10H2,1H3;1H. The van der Waals surface area contributed by atoms with Crippen molar-refractivity contribution in [2.45, 2.75) is 26.4 Å². The first-order chi connectivity index (χ1) is 6.43. The smallest absolute Gasteiger partial charge is 0.0933 e. The third-order valence-corrected chi connectivity index (χ3v) is 1.82. The minimum atomic E-state index is 0. The van der Waals surface area contributed by atoms with Crippen molar-refractivity contribution in [2.75, 3.05) is 6.54 Å². The van der Waals surface area contributed by atoms with E-state index in [4.69, 9.17) is 4.84 Å². The number of hydrogen-bond donors (Lipinski definition) is 1. The van der Waals surface area contributed by atoms with E-state index in [1.165, 1.54) is 12.0 Å². The van der Waals surface area contributed by atoms with Crippen LogP contribution in [0.4, 0.5) is 0 Å². The van der Waals surface area contributed by atoms with Gasteiger partial charge in [0.1, 0.15) is 0 Å². The molecule has 0 atom stereocenters. The average molecular weight is 216 g/mol. The van der Waals surface area contributed by atoms with Crippen LogP contribution in [0.2, 0.25) is 0 Å². The van der Waals surface area contributed by atoms with Crippen LogP contribution in [0.1, 0.15) is 25.3 Å². The average Bonchev–Trinajstić information content (AvgIpc) is 2.19. The van der Waals surface area contributed by atoms with Gasteiger partial charge in [0.2, 0.25) is 0 Å². The molecular weight excluding hydrogens is 198 g/mol. The van der Waals surface area contributed by atoms with Gasteiger partial charge in [-0.05, 0) is 12.0 Å². The van der Waals surface area contributed by atoms with Crippen molar-refractivity contribution in [3.63, 3.8) is 0 Å². The lowest BCUT2D eigenvalue weighted by Gasteiger charge is -2.04. The lowest BCUT2D eigenvalue weighted by molar-refractivity contribution is 0.0275. The fraction of sp³-hybridized carbons (Fsp3) is 0.455. The van der Waals surface area contributed by atoms with E-state index in [1.807, 2.05) is 18.2 Å². The lowest BCUT2D eigenvalue weighted by atomic mass is 10.2. The first-order valence-corrected chi connectivity index (χ1v) is 4.82. The molecule has 0 aliphatic carbocycles. The van der Waals surface area contributed by atoms with Crippen LogP contribution >= 0.6 is 12.4 Å². The summed E-state index contributed by atoms with van der Waals surface area (Å²) in [7, 11) is 0. The van der Waals surface area contributed by atoms with Gasteiger partial charge in [0.05, 0.1) is 6.61 Å². The van der Waals surface area contributed by atoms with Gasteiger partial charge in [-0.3, -0.25) is 4.84 Å². The molecule has 0 aliphatic heterocycles. The van der Waals surface area contributed by atoms with E-state index in [1.54, 1.807) is 0 Å². The van der Waals surface area contributed by atoms with E-state index in [0.717, 1.165) is 13.0 Å². The van der Waals surface area contributed by atoms with Crippen molar-refractivity contribution in [3.8, 4) is 0 Å². The summed E-state index contributed by atoms with van der Waals surface area (Å²) in [5.41, 5.74) is 4.14. The second-order valence-corrected chi connectivity index (χ2v) is 3.02. The first-order valence-electron chi connectivity index (χ1n) is 4.82. The Morgan fingerprint density at radius 3 is 2.57 bits per heavy atom. The fourth-order valence-corrected chi connectivity index (χ4v) is 1.03. The quantitative estimate of drug-likeness (QED) is 0.582. The lowest BCUT2D eigenvalue weighted by Crippen LogP contribution is -2.15.